The van der Waals surface area contributed by atoms with Crippen molar-refractivity contribution in [3.05, 3.63) is 33.9 Å². The molecule has 1 aromatic carbocycles. The van der Waals surface area contributed by atoms with Crippen LogP contribution >= 0.6 is 11.8 Å². The van der Waals surface area contributed by atoms with Crippen LogP contribution in [0.5, 0.6) is 0 Å². The van der Waals surface area contributed by atoms with Gasteiger partial charge in [-0.25, -0.2) is 0 Å². The molecular formula is C13H18N2O4S. The van der Waals surface area contributed by atoms with Crippen molar-refractivity contribution >= 4 is 23.4 Å². The molecule has 20 heavy (non-hydrogen) atoms. The Hall–Kier alpha value is -1.60. The van der Waals surface area contributed by atoms with Crippen molar-refractivity contribution in [2.24, 2.45) is 5.73 Å². The Morgan fingerprint density at radius 2 is 2.15 bits per heavy atom. The van der Waals surface area contributed by atoms with Crippen LogP contribution in [0.25, 0.3) is 0 Å². The lowest BCUT2D eigenvalue weighted by Gasteiger charge is -2.16. The minimum absolute atomic E-state index is 0.0106. The largest absolute Gasteiger partial charge is 0.469 e. The number of nitrogens with two attached hydrogens (primary N) is 1. The summed E-state index contributed by atoms with van der Waals surface area (Å²) in [5.74, 6) is -0.440. The van der Waals surface area contributed by atoms with E-state index in [0.29, 0.717) is 10.8 Å². The molecule has 7 heteroatoms. The molecular weight excluding hydrogens is 280 g/mol. The monoisotopic (exact) mass is 298 g/mol. The molecule has 1 rings (SSSR count). The van der Waals surface area contributed by atoms with E-state index < -0.39 is 16.9 Å². The van der Waals surface area contributed by atoms with E-state index in [1.165, 1.54) is 19.2 Å². The number of thioether (sulfide) groups is 1. The summed E-state index contributed by atoms with van der Waals surface area (Å²) in [5.41, 5.74) is 6.55. The summed E-state index contributed by atoms with van der Waals surface area (Å²) in [4.78, 5) is 22.5. The number of methoxy groups -OCH3 is 1. The second-order valence-corrected chi connectivity index (χ2v) is 6.15. The first kappa shape index (κ1) is 16.5. The number of carbonyl (C=O) groups excluding carboxylic acids is 1. The molecule has 110 valence electrons. The standard InChI is InChI=1S/C13H18N2O4S/c1-8(2)20-12-5-4-9(15(17)18)6-10(12)11(14)7-13(16)19-3/h4-6,8,11H,7,14H2,1-3H3. The zero-order valence-corrected chi connectivity index (χ0v) is 12.5. The third kappa shape index (κ3) is 4.50. The summed E-state index contributed by atoms with van der Waals surface area (Å²) in [6.07, 6.45) is -0.0106. The van der Waals surface area contributed by atoms with E-state index in [9.17, 15) is 14.9 Å². The summed E-state index contributed by atoms with van der Waals surface area (Å²) in [6, 6.07) is 3.93. The van der Waals surface area contributed by atoms with E-state index in [1.54, 1.807) is 17.8 Å². The van der Waals surface area contributed by atoms with Crippen LogP contribution in [0, 0.1) is 10.1 Å². The fourth-order valence-corrected chi connectivity index (χ4v) is 2.67. The fourth-order valence-electron chi connectivity index (χ4n) is 1.67. The number of benzene rings is 1. The Bertz CT molecular complexity index is 505. The van der Waals surface area contributed by atoms with E-state index in [4.69, 9.17) is 5.73 Å². The number of ether oxygens (including phenoxy) is 1. The molecule has 0 aliphatic carbocycles. The van der Waals surface area contributed by atoms with E-state index in [0.717, 1.165) is 4.90 Å². The van der Waals surface area contributed by atoms with Crippen molar-refractivity contribution in [2.75, 3.05) is 7.11 Å². The molecule has 0 aliphatic heterocycles. The maximum atomic E-state index is 11.3. The molecule has 0 saturated carbocycles. The highest BCUT2D eigenvalue weighted by atomic mass is 32.2. The minimum Gasteiger partial charge on any atom is -0.469 e. The quantitative estimate of drug-likeness (QED) is 0.375. The molecule has 0 radical (unpaired) electrons. The van der Waals surface area contributed by atoms with Gasteiger partial charge in [0.05, 0.1) is 18.5 Å². The molecule has 1 unspecified atom stereocenters. The molecule has 2 N–H and O–H groups in total. The van der Waals surface area contributed by atoms with Crippen LogP contribution in [0.15, 0.2) is 23.1 Å². The van der Waals surface area contributed by atoms with Crippen molar-refractivity contribution in [1.82, 2.24) is 0 Å². The Morgan fingerprint density at radius 3 is 2.65 bits per heavy atom. The van der Waals surface area contributed by atoms with Gasteiger partial charge in [0.15, 0.2) is 0 Å². The van der Waals surface area contributed by atoms with E-state index in [1.807, 2.05) is 13.8 Å². The molecule has 0 fully saturated rings. The molecule has 0 spiro atoms. The molecule has 0 bridgehead atoms. The smallest absolute Gasteiger partial charge is 0.307 e. The highest BCUT2D eigenvalue weighted by molar-refractivity contribution is 8.00. The molecule has 1 aromatic rings. The summed E-state index contributed by atoms with van der Waals surface area (Å²) < 4.78 is 4.58. The van der Waals surface area contributed by atoms with Crippen LogP contribution in [-0.4, -0.2) is 23.3 Å². The Balaban J connectivity index is 3.12. The third-order valence-corrected chi connectivity index (χ3v) is 3.68. The van der Waals surface area contributed by atoms with Crippen LogP contribution < -0.4 is 5.73 Å². The van der Waals surface area contributed by atoms with Gasteiger partial charge in [0.1, 0.15) is 0 Å². The van der Waals surface area contributed by atoms with E-state index >= 15 is 0 Å². The van der Waals surface area contributed by atoms with Crippen molar-refractivity contribution in [2.45, 2.75) is 36.5 Å². The molecule has 6 nitrogen and oxygen atoms in total. The fraction of sp³-hybridized carbons (Fsp3) is 0.462. The molecule has 1 atom stereocenters. The number of hydrogen-bond donors (Lipinski definition) is 1. The number of rotatable bonds is 6. The number of carbonyl (C=O) groups is 1. The number of nitro benzene ring substituents is 1. The van der Waals surface area contributed by atoms with Crippen molar-refractivity contribution in [3.8, 4) is 0 Å². The Labute approximate surface area is 121 Å². The highest BCUT2D eigenvalue weighted by Gasteiger charge is 2.19. The summed E-state index contributed by atoms with van der Waals surface area (Å²) in [5, 5.41) is 11.2. The van der Waals surface area contributed by atoms with Gasteiger partial charge in [-0.05, 0) is 11.6 Å². The van der Waals surface area contributed by atoms with Gasteiger partial charge in [0, 0.05) is 28.3 Å². The molecule has 0 heterocycles. The lowest BCUT2D eigenvalue weighted by molar-refractivity contribution is -0.385. The van der Waals surface area contributed by atoms with Gasteiger partial charge >= 0.3 is 5.97 Å². The maximum Gasteiger partial charge on any atom is 0.307 e. The lowest BCUT2D eigenvalue weighted by atomic mass is 10.0. The summed E-state index contributed by atoms with van der Waals surface area (Å²) in [6.45, 7) is 4.03. The van der Waals surface area contributed by atoms with Crippen molar-refractivity contribution in [3.63, 3.8) is 0 Å². The van der Waals surface area contributed by atoms with Crippen LogP contribution in [0.3, 0.4) is 0 Å². The van der Waals surface area contributed by atoms with Crippen molar-refractivity contribution < 1.29 is 14.5 Å². The number of nitro groups is 1. The van der Waals surface area contributed by atoms with Gasteiger partial charge in [-0.1, -0.05) is 13.8 Å². The third-order valence-electron chi connectivity index (χ3n) is 2.58. The summed E-state index contributed by atoms with van der Waals surface area (Å²) >= 11 is 1.55. The van der Waals surface area contributed by atoms with Gasteiger partial charge in [0.2, 0.25) is 0 Å². The number of non-ortho nitro benzene ring substituents is 1. The second kappa shape index (κ2) is 7.25. The molecule has 0 amide bonds. The zero-order valence-electron chi connectivity index (χ0n) is 11.7. The summed E-state index contributed by atoms with van der Waals surface area (Å²) in [7, 11) is 1.28. The number of nitrogens with zero attached hydrogens (tertiary/aromatic N) is 1. The highest BCUT2D eigenvalue weighted by Crippen LogP contribution is 2.33. The second-order valence-electron chi connectivity index (χ2n) is 4.53. The molecule has 0 aliphatic rings. The average molecular weight is 298 g/mol. The SMILES string of the molecule is COC(=O)CC(N)c1cc([N+](=O)[O-])ccc1SC(C)C. The normalized spacial score (nSPS) is 12.2. The zero-order chi connectivity index (χ0) is 15.3. The van der Waals surface area contributed by atoms with Gasteiger partial charge in [-0.2, -0.15) is 0 Å². The van der Waals surface area contributed by atoms with Gasteiger partial charge in [-0.15, -0.1) is 11.8 Å². The van der Waals surface area contributed by atoms with Crippen LogP contribution in [0.1, 0.15) is 31.9 Å². The van der Waals surface area contributed by atoms with E-state index in [-0.39, 0.29) is 12.1 Å². The average Bonchev–Trinajstić information content (AvgIpc) is 2.37. The Morgan fingerprint density at radius 1 is 1.50 bits per heavy atom. The van der Waals surface area contributed by atoms with Gasteiger partial charge < -0.3 is 10.5 Å². The van der Waals surface area contributed by atoms with Crippen LogP contribution in [0.4, 0.5) is 5.69 Å². The first-order chi connectivity index (χ1) is 9.35. The molecule has 0 saturated heterocycles. The lowest BCUT2D eigenvalue weighted by Crippen LogP contribution is -2.17. The van der Waals surface area contributed by atoms with Gasteiger partial charge in [0.25, 0.3) is 5.69 Å². The predicted molar refractivity (Wildman–Crippen MR) is 77.7 cm³/mol. The number of hydrogen-bond acceptors (Lipinski definition) is 6. The maximum absolute atomic E-state index is 11.3. The van der Waals surface area contributed by atoms with Crippen molar-refractivity contribution in [1.29, 1.82) is 0 Å². The molecule has 0 aromatic heterocycles. The van der Waals surface area contributed by atoms with Gasteiger partial charge in [-0.3, -0.25) is 14.9 Å². The first-order valence-electron chi connectivity index (χ1n) is 6.12. The van der Waals surface area contributed by atoms with Crippen LogP contribution in [0.2, 0.25) is 0 Å². The minimum atomic E-state index is -0.622. The Kier molecular flexibility index (Phi) is 5.97. The predicted octanol–water partition coefficient (Wildman–Crippen LogP) is 2.66. The first-order valence-corrected chi connectivity index (χ1v) is 7.00. The number of esters is 1. The topological polar surface area (TPSA) is 95.5 Å². The van der Waals surface area contributed by atoms with E-state index in [2.05, 4.69) is 4.74 Å². The van der Waals surface area contributed by atoms with Crippen LogP contribution in [-0.2, 0) is 9.53 Å².